The molecule has 1 aliphatic heterocycles. The highest BCUT2D eigenvalue weighted by Crippen LogP contribution is 2.29. The number of thiazole rings is 1. The molecule has 1 aromatic heterocycles. The van der Waals surface area contributed by atoms with Gasteiger partial charge in [-0.2, -0.15) is 5.26 Å². The van der Waals surface area contributed by atoms with Gasteiger partial charge in [0, 0.05) is 13.1 Å². The van der Waals surface area contributed by atoms with Gasteiger partial charge in [-0.25, -0.2) is 4.98 Å². The molecule has 0 aromatic carbocycles. The van der Waals surface area contributed by atoms with Gasteiger partial charge in [0.2, 0.25) is 0 Å². The predicted octanol–water partition coefficient (Wildman–Crippen LogP) is 1.20. The molecule has 4 nitrogen and oxygen atoms in total. The van der Waals surface area contributed by atoms with Crippen molar-refractivity contribution in [3.8, 4) is 6.07 Å². The van der Waals surface area contributed by atoms with Crippen LogP contribution in [0.1, 0.15) is 17.7 Å². The predicted molar refractivity (Wildman–Crippen MR) is 52.7 cm³/mol. The van der Waals surface area contributed by atoms with Gasteiger partial charge in [-0.15, -0.1) is 0 Å². The molecule has 0 aliphatic carbocycles. The molecule has 13 heavy (non-hydrogen) atoms. The number of nitriles is 1. The molecule has 2 heterocycles. The van der Waals surface area contributed by atoms with Crippen LogP contribution >= 0.6 is 11.3 Å². The highest BCUT2D eigenvalue weighted by molar-refractivity contribution is 7.16. The van der Waals surface area contributed by atoms with Crippen LogP contribution in [0.25, 0.3) is 0 Å². The maximum absolute atomic E-state index is 8.70. The summed E-state index contributed by atoms with van der Waals surface area (Å²) in [5.74, 6) is 0.370. The Morgan fingerprint density at radius 3 is 2.69 bits per heavy atom. The van der Waals surface area contributed by atoms with Crippen molar-refractivity contribution in [1.29, 1.82) is 5.26 Å². The van der Waals surface area contributed by atoms with E-state index in [1.54, 1.807) is 0 Å². The molecule has 5 heteroatoms. The van der Waals surface area contributed by atoms with Gasteiger partial charge in [-0.1, -0.05) is 11.3 Å². The fourth-order valence-electron chi connectivity index (χ4n) is 1.44. The molecule has 0 radical (unpaired) electrons. The fourth-order valence-corrected chi connectivity index (χ4v) is 2.28. The number of aromatic nitrogens is 1. The second-order valence-electron chi connectivity index (χ2n) is 3.02. The van der Waals surface area contributed by atoms with Gasteiger partial charge in [-0.05, 0) is 12.8 Å². The first kappa shape index (κ1) is 8.32. The van der Waals surface area contributed by atoms with Crippen molar-refractivity contribution in [3.05, 3.63) is 4.88 Å². The number of nitrogen functional groups attached to an aromatic ring is 1. The molecule has 1 fully saturated rings. The van der Waals surface area contributed by atoms with E-state index in [2.05, 4.69) is 9.88 Å². The molecule has 2 N–H and O–H groups in total. The molecule has 2 rings (SSSR count). The minimum absolute atomic E-state index is 0.370. The van der Waals surface area contributed by atoms with E-state index in [9.17, 15) is 0 Å². The lowest BCUT2D eigenvalue weighted by molar-refractivity contribution is 0.949. The molecule has 0 atom stereocenters. The van der Waals surface area contributed by atoms with E-state index in [1.807, 2.05) is 6.07 Å². The molecule has 1 aliphatic rings. The number of nitrogens with two attached hydrogens (primary N) is 1. The summed E-state index contributed by atoms with van der Waals surface area (Å²) in [7, 11) is 0. The molecule has 0 bridgehead atoms. The number of rotatable bonds is 1. The third-order valence-corrected chi connectivity index (χ3v) is 3.16. The van der Waals surface area contributed by atoms with Crippen LogP contribution in [-0.4, -0.2) is 18.1 Å². The van der Waals surface area contributed by atoms with E-state index < -0.39 is 0 Å². The van der Waals surface area contributed by atoms with Crippen molar-refractivity contribution in [2.45, 2.75) is 12.8 Å². The van der Waals surface area contributed by atoms with Crippen LogP contribution in [0.5, 0.6) is 0 Å². The zero-order chi connectivity index (χ0) is 9.26. The van der Waals surface area contributed by atoms with Gasteiger partial charge >= 0.3 is 0 Å². The molecule has 0 amide bonds. The minimum Gasteiger partial charge on any atom is -0.382 e. The summed E-state index contributed by atoms with van der Waals surface area (Å²) in [4.78, 5) is 6.88. The second kappa shape index (κ2) is 3.23. The third-order valence-electron chi connectivity index (χ3n) is 2.12. The summed E-state index contributed by atoms with van der Waals surface area (Å²) in [5.41, 5.74) is 5.57. The Kier molecular flexibility index (Phi) is 2.07. The quantitative estimate of drug-likeness (QED) is 0.729. The van der Waals surface area contributed by atoms with Gasteiger partial charge < -0.3 is 10.6 Å². The first-order valence-electron chi connectivity index (χ1n) is 4.22. The van der Waals surface area contributed by atoms with E-state index in [4.69, 9.17) is 11.0 Å². The highest BCUT2D eigenvalue weighted by Gasteiger charge is 2.17. The first-order valence-corrected chi connectivity index (χ1v) is 5.04. The van der Waals surface area contributed by atoms with Crippen LogP contribution in [0.2, 0.25) is 0 Å². The van der Waals surface area contributed by atoms with Gasteiger partial charge in [0.05, 0.1) is 0 Å². The zero-order valence-corrected chi connectivity index (χ0v) is 7.97. The van der Waals surface area contributed by atoms with E-state index >= 15 is 0 Å². The van der Waals surface area contributed by atoms with Crippen LogP contribution in [0.3, 0.4) is 0 Å². The number of anilines is 2. The van der Waals surface area contributed by atoms with Crippen molar-refractivity contribution in [2.24, 2.45) is 0 Å². The van der Waals surface area contributed by atoms with E-state index in [0.717, 1.165) is 18.2 Å². The lowest BCUT2D eigenvalue weighted by atomic mass is 10.4. The van der Waals surface area contributed by atoms with Crippen molar-refractivity contribution < 1.29 is 0 Å². The van der Waals surface area contributed by atoms with Crippen LogP contribution in [0.4, 0.5) is 10.9 Å². The Hall–Kier alpha value is -1.28. The molecular formula is C8H10N4S. The molecule has 0 unspecified atom stereocenters. The Balaban J connectivity index is 2.26. The lowest BCUT2D eigenvalue weighted by Gasteiger charge is -2.11. The van der Waals surface area contributed by atoms with Crippen molar-refractivity contribution >= 4 is 22.3 Å². The topological polar surface area (TPSA) is 65.9 Å². The number of nitrogens with zero attached hydrogens (tertiary/aromatic N) is 3. The van der Waals surface area contributed by atoms with Gasteiger partial charge in [-0.3, -0.25) is 0 Å². The Morgan fingerprint density at radius 1 is 1.46 bits per heavy atom. The van der Waals surface area contributed by atoms with Gasteiger partial charge in [0.1, 0.15) is 10.9 Å². The first-order chi connectivity index (χ1) is 6.31. The molecule has 1 aromatic rings. The zero-order valence-electron chi connectivity index (χ0n) is 7.16. The van der Waals surface area contributed by atoms with Crippen molar-refractivity contribution in [1.82, 2.24) is 4.98 Å². The number of hydrogen-bond donors (Lipinski definition) is 1. The van der Waals surface area contributed by atoms with Crippen molar-refractivity contribution in [2.75, 3.05) is 23.7 Å². The molecule has 1 saturated heterocycles. The largest absolute Gasteiger partial charge is 0.382 e. The summed E-state index contributed by atoms with van der Waals surface area (Å²) in [6.45, 7) is 2.08. The minimum atomic E-state index is 0.370. The monoisotopic (exact) mass is 194 g/mol. The molecule has 0 saturated carbocycles. The maximum Gasteiger partial charge on any atom is 0.188 e. The van der Waals surface area contributed by atoms with Crippen LogP contribution in [0.15, 0.2) is 0 Å². The maximum atomic E-state index is 8.70. The van der Waals surface area contributed by atoms with Crippen LogP contribution in [0, 0.1) is 11.3 Å². The summed E-state index contributed by atoms with van der Waals surface area (Å²) >= 11 is 1.39. The summed E-state index contributed by atoms with van der Waals surface area (Å²) in [6, 6.07) is 2.04. The third kappa shape index (κ3) is 1.45. The molecule has 68 valence electrons. The molecule has 0 spiro atoms. The summed E-state index contributed by atoms with van der Waals surface area (Å²) < 4.78 is 0. The summed E-state index contributed by atoms with van der Waals surface area (Å²) in [5, 5.41) is 9.59. The Bertz CT molecular complexity index is 346. The highest BCUT2D eigenvalue weighted by atomic mass is 32.1. The van der Waals surface area contributed by atoms with Gasteiger partial charge in [0.15, 0.2) is 10.9 Å². The SMILES string of the molecule is N#Cc1sc(N2CCCC2)nc1N. The Labute approximate surface area is 80.6 Å². The van der Waals surface area contributed by atoms with Crippen LogP contribution in [-0.2, 0) is 0 Å². The fraction of sp³-hybridized carbons (Fsp3) is 0.500. The lowest BCUT2D eigenvalue weighted by Crippen LogP contribution is -2.17. The van der Waals surface area contributed by atoms with E-state index in [1.165, 1.54) is 24.2 Å². The average Bonchev–Trinajstić information content (AvgIpc) is 2.71. The standard InChI is InChI=1S/C8H10N4S/c9-5-6-7(10)11-8(13-6)12-3-1-2-4-12/h1-4,10H2. The average molecular weight is 194 g/mol. The summed E-state index contributed by atoms with van der Waals surface area (Å²) in [6.07, 6.45) is 2.42. The second-order valence-corrected chi connectivity index (χ2v) is 3.99. The number of hydrogen-bond acceptors (Lipinski definition) is 5. The van der Waals surface area contributed by atoms with Gasteiger partial charge in [0.25, 0.3) is 0 Å². The molecular weight excluding hydrogens is 184 g/mol. The van der Waals surface area contributed by atoms with E-state index in [-0.39, 0.29) is 0 Å². The van der Waals surface area contributed by atoms with Crippen LogP contribution < -0.4 is 10.6 Å². The normalized spacial score (nSPS) is 16.1. The van der Waals surface area contributed by atoms with Crippen molar-refractivity contribution in [3.63, 3.8) is 0 Å². The van der Waals surface area contributed by atoms with E-state index in [0.29, 0.717) is 10.7 Å². The Morgan fingerprint density at radius 2 is 2.15 bits per heavy atom. The smallest absolute Gasteiger partial charge is 0.188 e.